The Kier molecular flexibility index (Phi) is 4.13. The van der Waals surface area contributed by atoms with Gasteiger partial charge in [-0.15, -0.1) is 0 Å². The van der Waals surface area contributed by atoms with E-state index >= 15 is 0 Å². The highest BCUT2D eigenvalue weighted by atomic mass is 16.3. The fourth-order valence-electron chi connectivity index (χ4n) is 4.27. The van der Waals surface area contributed by atoms with Crippen molar-refractivity contribution in [2.45, 2.75) is 20.8 Å². The molecule has 0 aliphatic heterocycles. The lowest BCUT2D eigenvalue weighted by Crippen LogP contribution is -2.10. The Morgan fingerprint density at radius 3 is 1.69 bits per heavy atom. The molecule has 0 N–H and O–H groups in total. The highest BCUT2D eigenvalue weighted by Crippen LogP contribution is 2.44. The molecule has 0 saturated heterocycles. The highest BCUT2D eigenvalue weighted by molar-refractivity contribution is 6.15. The van der Waals surface area contributed by atoms with Gasteiger partial charge in [0.05, 0.1) is 11.1 Å². The van der Waals surface area contributed by atoms with Crippen LogP contribution < -0.4 is 4.90 Å². The first-order valence-corrected chi connectivity index (χ1v) is 9.96. The maximum absolute atomic E-state index is 6.33. The van der Waals surface area contributed by atoms with E-state index in [4.69, 9.17) is 4.42 Å². The molecule has 142 valence electrons. The van der Waals surface area contributed by atoms with Crippen molar-refractivity contribution in [1.82, 2.24) is 0 Å². The van der Waals surface area contributed by atoms with Gasteiger partial charge in [-0.25, -0.2) is 0 Å². The van der Waals surface area contributed by atoms with Gasteiger partial charge in [0.25, 0.3) is 0 Å². The first-order valence-electron chi connectivity index (χ1n) is 9.96. The molecule has 5 aromatic rings. The molecule has 0 aliphatic carbocycles. The summed E-state index contributed by atoms with van der Waals surface area (Å²) in [7, 11) is 0. The molecule has 2 heteroatoms. The summed E-state index contributed by atoms with van der Waals surface area (Å²) in [5, 5.41) is 2.35. The van der Waals surface area contributed by atoms with Gasteiger partial charge in [-0.2, -0.15) is 0 Å². The lowest BCUT2D eigenvalue weighted by atomic mass is 10.0. The summed E-state index contributed by atoms with van der Waals surface area (Å²) in [6.07, 6.45) is 0. The average Bonchev–Trinajstić information content (AvgIpc) is 3.08. The van der Waals surface area contributed by atoms with Gasteiger partial charge < -0.3 is 9.32 Å². The first-order chi connectivity index (χ1) is 14.1. The summed E-state index contributed by atoms with van der Waals surface area (Å²) in [4.78, 5) is 2.32. The molecular formula is C27H23NO. The number of nitrogens with zero attached hydrogens (tertiary/aromatic N) is 1. The molecule has 0 aliphatic rings. The average molecular weight is 377 g/mol. The van der Waals surface area contributed by atoms with Gasteiger partial charge in [0.1, 0.15) is 11.2 Å². The van der Waals surface area contributed by atoms with Gasteiger partial charge in [-0.3, -0.25) is 0 Å². The number of rotatable bonds is 3. The monoisotopic (exact) mass is 377 g/mol. The molecule has 0 unspecified atom stereocenters. The van der Waals surface area contributed by atoms with Gasteiger partial charge in [0.15, 0.2) is 0 Å². The second-order valence-electron chi connectivity index (χ2n) is 7.72. The van der Waals surface area contributed by atoms with Crippen molar-refractivity contribution in [2.75, 3.05) is 4.90 Å². The minimum Gasteiger partial charge on any atom is -0.456 e. The second kappa shape index (κ2) is 6.82. The van der Waals surface area contributed by atoms with Crippen molar-refractivity contribution in [3.05, 3.63) is 102 Å². The zero-order valence-electron chi connectivity index (χ0n) is 16.9. The number of para-hydroxylation sites is 2. The molecule has 2 nitrogen and oxygen atoms in total. The topological polar surface area (TPSA) is 16.4 Å². The van der Waals surface area contributed by atoms with Crippen molar-refractivity contribution in [3.8, 4) is 0 Å². The Balaban J connectivity index is 1.91. The molecular weight excluding hydrogens is 354 g/mol. The Morgan fingerprint density at radius 1 is 0.586 bits per heavy atom. The van der Waals surface area contributed by atoms with Gasteiger partial charge in [-0.05, 0) is 79.9 Å². The lowest BCUT2D eigenvalue weighted by Gasteiger charge is -2.26. The second-order valence-corrected chi connectivity index (χ2v) is 7.72. The molecule has 0 spiro atoms. The van der Waals surface area contributed by atoms with E-state index in [2.05, 4.69) is 111 Å². The Morgan fingerprint density at radius 2 is 1.10 bits per heavy atom. The van der Waals surface area contributed by atoms with Crippen molar-refractivity contribution in [3.63, 3.8) is 0 Å². The zero-order chi connectivity index (χ0) is 20.0. The molecule has 0 radical (unpaired) electrons. The van der Waals surface area contributed by atoms with Gasteiger partial charge in [0, 0.05) is 16.8 Å². The third-order valence-electron chi connectivity index (χ3n) is 5.41. The quantitative estimate of drug-likeness (QED) is 0.317. The molecule has 4 aromatic carbocycles. The van der Waals surface area contributed by atoms with E-state index in [-0.39, 0.29) is 0 Å². The van der Waals surface area contributed by atoms with Crippen molar-refractivity contribution in [1.29, 1.82) is 0 Å². The summed E-state index contributed by atoms with van der Waals surface area (Å²) in [5.74, 6) is 0. The van der Waals surface area contributed by atoms with Crippen LogP contribution in [0.4, 0.5) is 17.1 Å². The normalized spacial score (nSPS) is 11.3. The van der Waals surface area contributed by atoms with E-state index in [1.807, 2.05) is 0 Å². The molecule has 1 aromatic heterocycles. The third kappa shape index (κ3) is 2.98. The predicted octanol–water partition coefficient (Wildman–Crippen LogP) is 7.98. The van der Waals surface area contributed by atoms with E-state index in [0.29, 0.717) is 0 Å². The Labute approximate surface area is 171 Å². The first kappa shape index (κ1) is 17.6. The molecule has 0 saturated carbocycles. The fourth-order valence-corrected chi connectivity index (χ4v) is 4.27. The minimum atomic E-state index is 0.931. The molecule has 1 heterocycles. The van der Waals surface area contributed by atoms with Crippen LogP contribution in [-0.2, 0) is 0 Å². The number of anilines is 3. The zero-order valence-corrected chi connectivity index (χ0v) is 16.9. The van der Waals surface area contributed by atoms with Crippen molar-refractivity contribution >= 4 is 39.0 Å². The molecule has 0 fully saturated rings. The SMILES string of the molecule is Cc1cc(C)c2c(c1)oc1cc(C)cc(N(c3ccccc3)c3ccccc3)c12. The number of aryl methyl sites for hydroxylation is 3. The number of furan rings is 1. The molecule has 29 heavy (non-hydrogen) atoms. The van der Waals surface area contributed by atoms with Crippen LogP contribution in [0.3, 0.4) is 0 Å². The molecule has 0 bridgehead atoms. The van der Waals surface area contributed by atoms with Crippen LogP contribution in [0.5, 0.6) is 0 Å². The van der Waals surface area contributed by atoms with Crippen LogP contribution in [0.2, 0.25) is 0 Å². The molecule has 0 atom stereocenters. The predicted molar refractivity (Wildman–Crippen MR) is 123 cm³/mol. The summed E-state index contributed by atoms with van der Waals surface area (Å²) < 4.78 is 6.33. The smallest absolute Gasteiger partial charge is 0.137 e. The van der Waals surface area contributed by atoms with E-state index in [9.17, 15) is 0 Å². The number of hydrogen-bond donors (Lipinski definition) is 0. The van der Waals surface area contributed by atoms with E-state index in [1.54, 1.807) is 0 Å². The minimum absolute atomic E-state index is 0.931. The fraction of sp³-hybridized carbons (Fsp3) is 0.111. The Bertz CT molecular complexity index is 1280. The van der Waals surface area contributed by atoms with Crippen LogP contribution in [0.15, 0.2) is 89.3 Å². The van der Waals surface area contributed by atoms with Crippen LogP contribution in [0.1, 0.15) is 16.7 Å². The Hall–Kier alpha value is -3.52. The highest BCUT2D eigenvalue weighted by Gasteiger charge is 2.20. The number of hydrogen-bond acceptors (Lipinski definition) is 2. The summed E-state index contributed by atoms with van der Waals surface area (Å²) >= 11 is 0. The standard InChI is InChI=1S/C27H23NO/c1-18-14-20(3)26-24(16-18)29-25-17-19(2)15-23(27(25)26)28(21-10-6-4-7-11-21)22-12-8-5-9-13-22/h4-17H,1-3H3. The maximum Gasteiger partial charge on any atom is 0.137 e. The van der Waals surface area contributed by atoms with Gasteiger partial charge >= 0.3 is 0 Å². The summed E-state index contributed by atoms with van der Waals surface area (Å²) in [5.41, 5.74) is 8.92. The van der Waals surface area contributed by atoms with E-state index in [1.165, 1.54) is 22.1 Å². The van der Waals surface area contributed by atoms with Crippen molar-refractivity contribution < 1.29 is 4.42 Å². The third-order valence-corrected chi connectivity index (χ3v) is 5.41. The molecule has 0 amide bonds. The van der Waals surface area contributed by atoms with Crippen LogP contribution >= 0.6 is 0 Å². The molecule has 5 rings (SSSR count). The lowest BCUT2D eigenvalue weighted by molar-refractivity contribution is 0.668. The van der Waals surface area contributed by atoms with Gasteiger partial charge in [-0.1, -0.05) is 42.5 Å². The van der Waals surface area contributed by atoms with Crippen LogP contribution in [0.25, 0.3) is 21.9 Å². The van der Waals surface area contributed by atoms with Crippen LogP contribution in [0, 0.1) is 20.8 Å². The summed E-state index contributed by atoms with van der Waals surface area (Å²) in [6.45, 7) is 6.41. The maximum atomic E-state index is 6.33. The van der Waals surface area contributed by atoms with E-state index < -0.39 is 0 Å². The van der Waals surface area contributed by atoms with Crippen molar-refractivity contribution in [2.24, 2.45) is 0 Å². The van der Waals surface area contributed by atoms with Gasteiger partial charge in [0.2, 0.25) is 0 Å². The van der Waals surface area contributed by atoms with E-state index in [0.717, 1.165) is 33.6 Å². The largest absolute Gasteiger partial charge is 0.456 e. The number of benzene rings is 4. The van der Waals surface area contributed by atoms with Crippen LogP contribution in [-0.4, -0.2) is 0 Å². The number of fused-ring (bicyclic) bond motifs is 3. The summed E-state index contributed by atoms with van der Waals surface area (Å²) in [6, 6.07) is 29.8.